The van der Waals surface area contributed by atoms with Crippen molar-refractivity contribution in [2.45, 2.75) is 51.9 Å². The first-order chi connectivity index (χ1) is 15.1. The van der Waals surface area contributed by atoms with Gasteiger partial charge in [0.1, 0.15) is 11.6 Å². The average Bonchev–Trinajstić information content (AvgIpc) is 2.73. The third-order valence-electron chi connectivity index (χ3n) is 5.95. The predicted molar refractivity (Wildman–Crippen MR) is 123 cm³/mol. The fraction of sp³-hybridized carbons (Fsp3) is 0.435. The van der Waals surface area contributed by atoms with Crippen molar-refractivity contribution >= 4 is 29.1 Å². The number of benzene rings is 1. The van der Waals surface area contributed by atoms with Gasteiger partial charge in [-0.2, -0.15) is 13.2 Å². The number of rotatable bonds is 4. The smallest absolute Gasteiger partial charge is 0.381 e. The number of alkyl halides is 3. The third kappa shape index (κ3) is 5.14. The number of nitrogens with one attached hydrogen (secondary N) is 1. The normalized spacial score (nSPS) is 15.8. The van der Waals surface area contributed by atoms with Crippen molar-refractivity contribution in [3.8, 4) is 0 Å². The summed E-state index contributed by atoms with van der Waals surface area (Å²) in [5, 5.41) is 3.90. The Morgan fingerprint density at radius 2 is 1.88 bits per heavy atom. The number of fused-ring (bicyclic) bond motifs is 1. The second kappa shape index (κ2) is 9.69. The van der Waals surface area contributed by atoms with Gasteiger partial charge in [0.15, 0.2) is 0 Å². The minimum atomic E-state index is -4.42. The molecule has 0 spiro atoms. The fourth-order valence-corrected chi connectivity index (χ4v) is 4.31. The molecule has 0 radical (unpaired) electrons. The van der Waals surface area contributed by atoms with Gasteiger partial charge in [-0.3, -0.25) is 4.79 Å². The number of hydrogen-bond acceptors (Lipinski definition) is 5. The minimum Gasteiger partial charge on any atom is -0.381 e. The van der Waals surface area contributed by atoms with Crippen LogP contribution in [-0.4, -0.2) is 27.7 Å². The molecule has 4 rings (SSSR count). The van der Waals surface area contributed by atoms with Crippen LogP contribution in [0.4, 0.5) is 19.0 Å². The van der Waals surface area contributed by atoms with Gasteiger partial charge in [-0.1, -0.05) is 12.1 Å². The van der Waals surface area contributed by atoms with E-state index in [1.165, 1.54) is 19.1 Å². The predicted octanol–water partition coefficient (Wildman–Crippen LogP) is 5.37. The summed E-state index contributed by atoms with van der Waals surface area (Å²) in [5.41, 5.74) is 0.411. The quantitative estimate of drug-likeness (QED) is 0.541. The molecule has 1 aromatic carbocycles. The zero-order chi connectivity index (χ0) is 23.0. The Kier molecular flexibility index (Phi) is 7.33. The van der Waals surface area contributed by atoms with E-state index in [0.717, 1.165) is 18.9 Å². The molecule has 3 aromatic rings. The third-order valence-corrected chi connectivity index (χ3v) is 5.95. The van der Waals surface area contributed by atoms with E-state index in [4.69, 9.17) is 4.74 Å². The van der Waals surface area contributed by atoms with Gasteiger partial charge in [0.25, 0.3) is 5.56 Å². The molecule has 0 bridgehead atoms. The van der Waals surface area contributed by atoms with Gasteiger partial charge in [-0.05, 0) is 50.8 Å². The minimum absolute atomic E-state index is 0. The van der Waals surface area contributed by atoms with Gasteiger partial charge < -0.3 is 14.6 Å². The lowest BCUT2D eigenvalue weighted by Crippen LogP contribution is -2.28. The zero-order valence-electron chi connectivity index (χ0n) is 18.6. The molecule has 1 fully saturated rings. The second-order valence-corrected chi connectivity index (χ2v) is 8.16. The summed E-state index contributed by atoms with van der Waals surface area (Å²) in [6, 6.07) is 5.25. The van der Waals surface area contributed by atoms with Gasteiger partial charge in [0.05, 0.1) is 22.5 Å². The first-order valence-electron chi connectivity index (χ1n) is 10.6. The highest BCUT2D eigenvalue weighted by molar-refractivity contribution is 5.88. The van der Waals surface area contributed by atoms with Crippen molar-refractivity contribution in [3.05, 3.63) is 63.3 Å². The van der Waals surface area contributed by atoms with Crippen molar-refractivity contribution in [1.82, 2.24) is 14.5 Å². The van der Waals surface area contributed by atoms with Crippen LogP contribution in [0.1, 0.15) is 54.4 Å². The summed E-state index contributed by atoms with van der Waals surface area (Å²) >= 11 is 0. The molecule has 1 saturated heterocycles. The van der Waals surface area contributed by atoms with Gasteiger partial charge in [-0.25, -0.2) is 9.97 Å². The summed E-state index contributed by atoms with van der Waals surface area (Å²) in [6.07, 6.45) is -1.19. The van der Waals surface area contributed by atoms with Crippen molar-refractivity contribution in [2.75, 3.05) is 18.5 Å². The number of anilines is 1. The lowest BCUT2D eigenvalue weighted by atomic mass is 9.97. The van der Waals surface area contributed by atoms with Crippen LogP contribution in [0.2, 0.25) is 0 Å². The molecule has 0 aliphatic carbocycles. The van der Waals surface area contributed by atoms with E-state index in [0.29, 0.717) is 41.3 Å². The van der Waals surface area contributed by atoms with Crippen LogP contribution in [0.15, 0.2) is 35.3 Å². The summed E-state index contributed by atoms with van der Waals surface area (Å²) < 4.78 is 47.2. The van der Waals surface area contributed by atoms with Crippen LogP contribution in [0.3, 0.4) is 0 Å². The van der Waals surface area contributed by atoms with Crippen LogP contribution >= 0.6 is 12.4 Å². The number of halogens is 4. The number of ether oxygens (including phenoxy) is 1. The Labute approximate surface area is 195 Å². The van der Waals surface area contributed by atoms with Crippen molar-refractivity contribution in [1.29, 1.82) is 0 Å². The molecular weight excluding hydrogens is 457 g/mol. The molecule has 10 heteroatoms. The van der Waals surface area contributed by atoms with E-state index in [9.17, 15) is 18.0 Å². The molecule has 0 amide bonds. The summed E-state index contributed by atoms with van der Waals surface area (Å²) in [6.45, 7) is 6.17. The van der Waals surface area contributed by atoms with Gasteiger partial charge in [0.2, 0.25) is 0 Å². The first kappa shape index (κ1) is 25.0. The van der Waals surface area contributed by atoms with Gasteiger partial charge >= 0.3 is 6.18 Å². The van der Waals surface area contributed by atoms with Crippen molar-refractivity contribution < 1.29 is 17.9 Å². The molecular formula is C23H26ClF3N4O2. The van der Waals surface area contributed by atoms with Crippen molar-refractivity contribution in [2.24, 2.45) is 0 Å². The lowest BCUT2D eigenvalue weighted by molar-refractivity contribution is -0.138. The topological polar surface area (TPSA) is 69.0 Å². The number of pyridine rings is 1. The maximum absolute atomic E-state index is 13.4. The molecule has 3 heterocycles. The molecule has 1 N–H and O–H groups in total. The molecule has 178 valence electrons. The van der Waals surface area contributed by atoms with Crippen LogP contribution in [0, 0.1) is 13.8 Å². The van der Waals surface area contributed by atoms with Crippen LogP contribution in [0.25, 0.3) is 10.9 Å². The molecule has 1 unspecified atom stereocenters. The Bertz CT molecular complexity index is 1210. The molecule has 1 atom stereocenters. The molecule has 0 saturated carbocycles. The van der Waals surface area contributed by atoms with E-state index in [-0.39, 0.29) is 29.6 Å². The molecule has 33 heavy (non-hydrogen) atoms. The van der Waals surface area contributed by atoms with Crippen LogP contribution < -0.4 is 10.9 Å². The summed E-state index contributed by atoms with van der Waals surface area (Å²) in [4.78, 5) is 21.6. The maximum atomic E-state index is 13.4. The second-order valence-electron chi connectivity index (χ2n) is 8.16. The summed E-state index contributed by atoms with van der Waals surface area (Å²) in [5.74, 6) is 0.953. The van der Waals surface area contributed by atoms with E-state index in [1.807, 2.05) is 0 Å². The Balaban J connectivity index is 0.00000306. The maximum Gasteiger partial charge on any atom is 0.416 e. The Morgan fingerprint density at radius 3 is 2.55 bits per heavy atom. The van der Waals surface area contributed by atoms with Crippen LogP contribution in [0.5, 0.6) is 0 Å². The fourth-order valence-electron chi connectivity index (χ4n) is 4.31. The highest BCUT2D eigenvalue weighted by Crippen LogP contribution is 2.35. The highest BCUT2D eigenvalue weighted by Gasteiger charge is 2.33. The summed E-state index contributed by atoms with van der Waals surface area (Å²) in [7, 11) is 0. The number of nitrogens with zero attached hydrogens (tertiary/aromatic N) is 3. The van der Waals surface area contributed by atoms with E-state index in [1.54, 1.807) is 30.7 Å². The van der Waals surface area contributed by atoms with E-state index >= 15 is 0 Å². The SMILES string of the molecule is Cc1nc(NC(C)c2cccc(C(F)(F)F)c2C)c2cn(C3CCOCC3)c(=O)cc2n1.Cl. The molecule has 2 aromatic heterocycles. The number of aryl methyl sites for hydroxylation is 1. The standard InChI is InChI=1S/C23H25F3N4O2.ClH/c1-13-17(5-4-6-19(13)23(24,25)26)14(2)27-22-18-12-30(16-7-9-32-10-8-16)21(31)11-20(18)28-15(3)29-22;/h4-6,11-12,14,16H,7-10H2,1-3H3,(H,27,28,29);1H. The highest BCUT2D eigenvalue weighted by atomic mass is 35.5. The number of hydrogen-bond donors (Lipinski definition) is 1. The average molecular weight is 483 g/mol. The first-order valence-corrected chi connectivity index (χ1v) is 10.6. The van der Waals surface area contributed by atoms with E-state index in [2.05, 4.69) is 15.3 Å². The molecule has 6 nitrogen and oxygen atoms in total. The monoisotopic (exact) mass is 482 g/mol. The number of aromatic nitrogens is 3. The Morgan fingerprint density at radius 1 is 1.18 bits per heavy atom. The zero-order valence-corrected chi connectivity index (χ0v) is 19.4. The van der Waals surface area contributed by atoms with Crippen LogP contribution in [-0.2, 0) is 10.9 Å². The largest absolute Gasteiger partial charge is 0.416 e. The van der Waals surface area contributed by atoms with E-state index < -0.39 is 17.8 Å². The molecule has 1 aliphatic heterocycles. The van der Waals surface area contributed by atoms with Gasteiger partial charge in [0, 0.05) is 31.5 Å². The van der Waals surface area contributed by atoms with Crippen molar-refractivity contribution in [3.63, 3.8) is 0 Å². The molecule has 1 aliphatic rings. The lowest BCUT2D eigenvalue weighted by Gasteiger charge is -2.25. The Hall–Kier alpha value is -2.65. The van der Waals surface area contributed by atoms with Gasteiger partial charge in [-0.15, -0.1) is 12.4 Å².